The Balaban J connectivity index is 1.78. The van der Waals surface area contributed by atoms with Crippen molar-refractivity contribution in [2.75, 3.05) is 17.7 Å². The summed E-state index contributed by atoms with van der Waals surface area (Å²) in [4.78, 5) is 12.5. The molecular formula is C16H14ClN7. The Kier molecular flexibility index (Phi) is 4.93. The number of anilines is 4. The summed E-state index contributed by atoms with van der Waals surface area (Å²) in [5.41, 5.74) is 2.43. The van der Waals surface area contributed by atoms with Gasteiger partial charge in [-0.15, -0.1) is 0 Å². The van der Waals surface area contributed by atoms with Crippen LogP contribution in [0.5, 0.6) is 0 Å². The van der Waals surface area contributed by atoms with Gasteiger partial charge in [0.15, 0.2) is 0 Å². The fourth-order valence-electron chi connectivity index (χ4n) is 1.97. The number of rotatable bonds is 5. The highest BCUT2D eigenvalue weighted by Crippen LogP contribution is 2.21. The zero-order chi connectivity index (χ0) is 16.8. The maximum atomic E-state index is 5.98. The number of aromatic nitrogens is 3. The molecule has 24 heavy (non-hydrogen) atoms. The third kappa shape index (κ3) is 4.23. The first-order valence-corrected chi connectivity index (χ1v) is 7.51. The van der Waals surface area contributed by atoms with Crippen LogP contribution in [0.2, 0.25) is 5.28 Å². The molecule has 7 nitrogen and oxygen atoms in total. The highest BCUT2D eigenvalue weighted by molar-refractivity contribution is 6.28. The van der Waals surface area contributed by atoms with Crippen molar-refractivity contribution in [2.45, 2.75) is 0 Å². The summed E-state index contributed by atoms with van der Waals surface area (Å²) >= 11 is 5.98. The third-order valence-corrected chi connectivity index (χ3v) is 3.15. The van der Waals surface area contributed by atoms with Crippen LogP contribution < -0.4 is 10.6 Å². The molecule has 1 aromatic heterocycles. The van der Waals surface area contributed by atoms with Crippen LogP contribution in [-0.2, 0) is 0 Å². The second-order valence-corrected chi connectivity index (χ2v) is 5.05. The smallest absolute Gasteiger partial charge is 0.233 e. The number of nitrogens with one attached hydrogen (secondary N) is 2. The van der Waals surface area contributed by atoms with Gasteiger partial charge in [0.25, 0.3) is 0 Å². The number of hydrogen-bond acceptors (Lipinski definition) is 7. The van der Waals surface area contributed by atoms with E-state index in [0.29, 0.717) is 11.9 Å². The van der Waals surface area contributed by atoms with E-state index in [4.69, 9.17) is 11.6 Å². The SMILES string of the molecule is CN=Nc1ccc(Nc2nc(Cl)nc(Nc3ccccc3)n2)cc1. The van der Waals surface area contributed by atoms with Crippen molar-refractivity contribution < 1.29 is 0 Å². The zero-order valence-corrected chi connectivity index (χ0v) is 13.6. The Bertz CT molecular complexity index is 835. The van der Waals surface area contributed by atoms with Crippen LogP contribution in [0.3, 0.4) is 0 Å². The van der Waals surface area contributed by atoms with Gasteiger partial charge in [-0.05, 0) is 48.0 Å². The summed E-state index contributed by atoms with van der Waals surface area (Å²) in [5, 5.41) is 13.9. The van der Waals surface area contributed by atoms with Crippen LogP contribution in [0.1, 0.15) is 0 Å². The predicted octanol–water partition coefficient (Wildman–Crippen LogP) is 4.73. The molecule has 0 amide bonds. The minimum Gasteiger partial charge on any atom is -0.324 e. The summed E-state index contributed by atoms with van der Waals surface area (Å²) in [7, 11) is 1.63. The van der Waals surface area contributed by atoms with Crippen molar-refractivity contribution >= 4 is 40.6 Å². The number of azo groups is 1. The van der Waals surface area contributed by atoms with Crippen LogP contribution in [0, 0.1) is 0 Å². The fourth-order valence-corrected chi connectivity index (χ4v) is 2.13. The van der Waals surface area contributed by atoms with Gasteiger partial charge in [-0.25, -0.2) is 0 Å². The first-order valence-electron chi connectivity index (χ1n) is 7.13. The van der Waals surface area contributed by atoms with E-state index in [2.05, 4.69) is 35.8 Å². The molecule has 0 radical (unpaired) electrons. The van der Waals surface area contributed by atoms with Crippen molar-refractivity contribution in [3.8, 4) is 0 Å². The van der Waals surface area contributed by atoms with Gasteiger partial charge in [0.2, 0.25) is 17.2 Å². The highest BCUT2D eigenvalue weighted by Gasteiger charge is 2.06. The van der Waals surface area contributed by atoms with Crippen molar-refractivity contribution in [2.24, 2.45) is 10.2 Å². The van der Waals surface area contributed by atoms with Gasteiger partial charge < -0.3 is 10.6 Å². The lowest BCUT2D eigenvalue weighted by atomic mass is 10.3. The van der Waals surface area contributed by atoms with E-state index in [1.807, 2.05) is 54.6 Å². The Hall–Kier alpha value is -3.06. The largest absolute Gasteiger partial charge is 0.324 e. The molecule has 120 valence electrons. The monoisotopic (exact) mass is 339 g/mol. The summed E-state index contributed by atoms with van der Waals surface area (Å²) in [6, 6.07) is 17.0. The molecule has 0 fully saturated rings. The highest BCUT2D eigenvalue weighted by atomic mass is 35.5. The van der Waals surface area contributed by atoms with Gasteiger partial charge >= 0.3 is 0 Å². The third-order valence-electron chi connectivity index (χ3n) is 2.98. The van der Waals surface area contributed by atoms with Gasteiger partial charge in [0.05, 0.1) is 5.69 Å². The van der Waals surface area contributed by atoms with Gasteiger partial charge in [0.1, 0.15) is 0 Å². The van der Waals surface area contributed by atoms with E-state index in [0.717, 1.165) is 17.1 Å². The number of hydrogen-bond donors (Lipinski definition) is 2. The average Bonchev–Trinajstić information content (AvgIpc) is 2.57. The molecule has 3 aromatic rings. The first kappa shape index (κ1) is 15.8. The molecule has 8 heteroatoms. The Morgan fingerprint density at radius 2 is 1.38 bits per heavy atom. The maximum Gasteiger partial charge on any atom is 0.233 e. The molecule has 3 rings (SSSR count). The lowest BCUT2D eigenvalue weighted by molar-refractivity contribution is 1.06. The molecule has 0 saturated carbocycles. The quantitative estimate of drug-likeness (QED) is 0.656. The van der Waals surface area contributed by atoms with Crippen LogP contribution >= 0.6 is 11.6 Å². The minimum atomic E-state index is 0.0994. The molecule has 0 atom stereocenters. The van der Waals surface area contributed by atoms with Gasteiger partial charge in [0, 0.05) is 18.4 Å². The molecule has 2 aromatic carbocycles. The number of para-hydroxylation sites is 1. The van der Waals surface area contributed by atoms with E-state index in [9.17, 15) is 0 Å². The van der Waals surface area contributed by atoms with Gasteiger partial charge in [-0.1, -0.05) is 18.2 Å². The fraction of sp³-hybridized carbons (Fsp3) is 0.0625. The second-order valence-electron chi connectivity index (χ2n) is 4.71. The van der Waals surface area contributed by atoms with E-state index in [1.165, 1.54) is 0 Å². The Labute approximate surface area is 143 Å². The number of halogens is 1. The van der Waals surface area contributed by atoms with Gasteiger partial charge in [-0.3, -0.25) is 0 Å². The summed E-state index contributed by atoms with van der Waals surface area (Å²) in [6.07, 6.45) is 0. The predicted molar refractivity (Wildman–Crippen MR) is 94.7 cm³/mol. The van der Waals surface area contributed by atoms with Crippen molar-refractivity contribution in [3.05, 3.63) is 59.9 Å². The number of nitrogens with zero attached hydrogens (tertiary/aromatic N) is 5. The molecule has 2 N–H and O–H groups in total. The molecule has 0 aliphatic carbocycles. The molecule has 0 saturated heterocycles. The maximum absolute atomic E-state index is 5.98. The Morgan fingerprint density at radius 3 is 1.96 bits per heavy atom. The first-order chi connectivity index (χ1) is 11.7. The van der Waals surface area contributed by atoms with Crippen LogP contribution in [0.25, 0.3) is 0 Å². The Morgan fingerprint density at radius 1 is 0.792 bits per heavy atom. The molecule has 1 heterocycles. The van der Waals surface area contributed by atoms with Crippen LogP contribution in [0.15, 0.2) is 64.8 Å². The zero-order valence-electron chi connectivity index (χ0n) is 12.8. The summed E-state index contributed by atoms with van der Waals surface area (Å²) in [5.74, 6) is 0.707. The van der Waals surface area contributed by atoms with Crippen LogP contribution in [-0.4, -0.2) is 22.0 Å². The van der Waals surface area contributed by atoms with Crippen molar-refractivity contribution in [1.29, 1.82) is 0 Å². The lowest BCUT2D eigenvalue weighted by Crippen LogP contribution is -2.03. The number of benzene rings is 2. The molecular weight excluding hydrogens is 326 g/mol. The lowest BCUT2D eigenvalue weighted by Gasteiger charge is -2.08. The molecule has 0 aliphatic rings. The summed E-state index contributed by atoms with van der Waals surface area (Å²) in [6.45, 7) is 0. The second kappa shape index (κ2) is 7.47. The topological polar surface area (TPSA) is 87.5 Å². The minimum absolute atomic E-state index is 0.0994. The normalized spacial score (nSPS) is 10.8. The average molecular weight is 340 g/mol. The van der Waals surface area contributed by atoms with E-state index < -0.39 is 0 Å². The summed E-state index contributed by atoms with van der Waals surface area (Å²) < 4.78 is 0. The van der Waals surface area contributed by atoms with E-state index in [1.54, 1.807) is 7.05 Å². The van der Waals surface area contributed by atoms with Crippen molar-refractivity contribution in [3.63, 3.8) is 0 Å². The van der Waals surface area contributed by atoms with E-state index >= 15 is 0 Å². The standard InChI is InChI=1S/C16H14ClN7/c1-18-24-13-9-7-12(8-10-13)20-16-22-14(17)21-15(23-16)19-11-5-3-2-4-6-11/h2-10H,1H3,(H2,19,20,21,22,23). The molecule has 0 aliphatic heterocycles. The molecule has 0 unspecified atom stereocenters. The van der Waals surface area contributed by atoms with Crippen LogP contribution in [0.4, 0.5) is 29.0 Å². The van der Waals surface area contributed by atoms with E-state index in [-0.39, 0.29) is 5.28 Å². The van der Waals surface area contributed by atoms with Gasteiger partial charge in [-0.2, -0.15) is 25.2 Å². The molecule has 0 spiro atoms. The van der Waals surface area contributed by atoms with Crippen molar-refractivity contribution in [1.82, 2.24) is 15.0 Å². The molecule has 0 bridgehead atoms.